The molecule has 1 aliphatic heterocycles. The number of hydrogen-bond acceptors (Lipinski definition) is 5. The molecule has 1 heterocycles. The van der Waals surface area contributed by atoms with Gasteiger partial charge in [0.15, 0.2) is 0 Å². The number of benzene rings is 2. The monoisotopic (exact) mass is 437 g/mol. The first-order valence-electron chi connectivity index (χ1n) is 10.3. The lowest BCUT2D eigenvalue weighted by Gasteiger charge is -2.40. The predicted octanol–water partition coefficient (Wildman–Crippen LogP) is 2.30. The molecule has 0 radical (unpaired) electrons. The maximum Gasteiger partial charge on any atom is 0.321 e. The molecule has 0 aromatic heterocycles. The number of imide groups is 1. The number of rotatable bonds is 5. The summed E-state index contributed by atoms with van der Waals surface area (Å²) in [6.45, 7) is 5.44. The van der Waals surface area contributed by atoms with Gasteiger partial charge < -0.3 is 20.9 Å². The van der Waals surface area contributed by atoms with Crippen LogP contribution in [0.15, 0.2) is 42.5 Å². The molecule has 3 rings (SSSR count). The summed E-state index contributed by atoms with van der Waals surface area (Å²) in [5.41, 5.74) is 3.77. The van der Waals surface area contributed by atoms with Crippen molar-refractivity contribution >= 4 is 40.8 Å². The number of carbonyl (C=O) groups excluding carboxylic acids is 4. The van der Waals surface area contributed by atoms with Gasteiger partial charge in [-0.1, -0.05) is 29.8 Å². The van der Waals surface area contributed by atoms with Gasteiger partial charge >= 0.3 is 6.03 Å². The highest BCUT2D eigenvalue weighted by Crippen LogP contribution is 2.34. The van der Waals surface area contributed by atoms with Crippen LogP contribution in [0.3, 0.4) is 0 Å². The van der Waals surface area contributed by atoms with Crippen molar-refractivity contribution in [2.24, 2.45) is 0 Å². The molecule has 0 spiro atoms. The second-order valence-electron chi connectivity index (χ2n) is 7.74. The fourth-order valence-electron chi connectivity index (χ4n) is 3.72. The first kappa shape index (κ1) is 22.8. The van der Waals surface area contributed by atoms with Gasteiger partial charge in [0.05, 0.1) is 17.8 Å². The molecule has 2 aromatic carbocycles. The summed E-state index contributed by atoms with van der Waals surface area (Å²) in [4.78, 5) is 51.7. The molecule has 32 heavy (non-hydrogen) atoms. The van der Waals surface area contributed by atoms with Crippen LogP contribution in [0.5, 0.6) is 0 Å². The number of fused-ring (bicyclic) bond motifs is 1. The normalized spacial score (nSPS) is 15.8. The molecule has 4 N–H and O–H groups in total. The predicted molar refractivity (Wildman–Crippen MR) is 123 cm³/mol. The molecule has 1 aliphatic rings. The van der Waals surface area contributed by atoms with Crippen molar-refractivity contribution in [3.05, 3.63) is 53.6 Å². The van der Waals surface area contributed by atoms with Crippen LogP contribution in [0.25, 0.3) is 0 Å². The lowest BCUT2D eigenvalue weighted by atomic mass is 10.0. The smallest absolute Gasteiger partial charge is 0.321 e. The molecule has 0 aliphatic carbocycles. The molecule has 168 valence electrons. The van der Waals surface area contributed by atoms with Crippen molar-refractivity contribution in [3.63, 3.8) is 0 Å². The molecular formula is C23H27N5O4. The third kappa shape index (κ3) is 4.88. The van der Waals surface area contributed by atoms with Crippen LogP contribution in [0, 0.1) is 13.8 Å². The highest BCUT2D eigenvalue weighted by molar-refractivity contribution is 6.09. The molecule has 2 aromatic rings. The maximum atomic E-state index is 12.9. The summed E-state index contributed by atoms with van der Waals surface area (Å²) in [5, 5.41) is 10.2. The van der Waals surface area contributed by atoms with E-state index in [1.165, 1.54) is 7.05 Å². The Morgan fingerprint density at radius 1 is 1.12 bits per heavy atom. The number of nitrogens with zero attached hydrogens (tertiary/aromatic N) is 1. The van der Waals surface area contributed by atoms with E-state index >= 15 is 0 Å². The Balaban J connectivity index is 1.87. The van der Waals surface area contributed by atoms with E-state index in [1.54, 1.807) is 36.1 Å². The van der Waals surface area contributed by atoms with Crippen molar-refractivity contribution in [3.8, 4) is 0 Å². The molecular weight excluding hydrogens is 410 g/mol. The number of nitrogens with one attached hydrogen (secondary N) is 4. The van der Waals surface area contributed by atoms with E-state index in [0.717, 1.165) is 11.1 Å². The van der Waals surface area contributed by atoms with Gasteiger partial charge in [0.2, 0.25) is 17.7 Å². The zero-order chi connectivity index (χ0) is 23.4. The summed E-state index contributed by atoms with van der Waals surface area (Å²) in [6.07, 6.45) is -0.176. The number of carbonyl (C=O) groups is 4. The third-order valence-corrected chi connectivity index (χ3v) is 5.37. The Bertz CT molecular complexity index is 1070. The van der Waals surface area contributed by atoms with E-state index in [1.807, 2.05) is 32.0 Å². The van der Waals surface area contributed by atoms with E-state index in [-0.39, 0.29) is 12.3 Å². The van der Waals surface area contributed by atoms with Crippen molar-refractivity contribution < 1.29 is 19.2 Å². The Morgan fingerprint density at radius 2 is 1.84 bits per heavy atom. The average Bonchev–Trinajstić information content (AvgIpc) is 2.75. The highest BCUT2D eigenvalue weighted by atomic mass is 16.2. The molecule has 0 unspecified atom stereocenters. The summed E-state index contributed by atoms with van der Waals surface area (Å²) in [5.74, 6) is -1.35. The van der Waals surface area contributed by atoms with Gasteiger partial charge in [-0.2, -0.15) is 0 Å². The first-order chi connectivity index (χ1) is 15.2. The lowest BCUT2D eigenvalue weighted by molar-refractivity contribution is -0.124. The largest absolute Gasteiger partial charge is 0.346 e. The SMILES string of the molecule is CNC(=O)NC(=O)[C@@H](C)N1c2ccccc2NC(=O)[C@H]1CC(=O)Nc1ccc(C)cc1C. The van der Waals surface area contributed by atoms with Crippen molar-refractivity contribution in [2.75, 3.05) is 22.6 Å². The zero-order valence-corrected chi connectivity index (χ0v) is 18.5. The van der Waals surface area contributed by atoms with Gasteiger partial charge in [-0.15, -0.1) is 0 Å². The fourth-order valence-corrected chi connectivity index (χ4v) is 3.72. The summed E-state index contributed by atoms with van der Waals surface area (Å²) >= 11 is 0. The van der Waals surface area contributed by atoms with Crippen LogP contribution < -0.4 is 26.2 Å². The number of aryl methyl sites for hydroxylation is 2. The minimum atomic E-state index is -0.943. The quantitative estimate of drug-likeness (QED) is 0.572. The second-order valence-corrected chi connectivity index (χ2v) is 7.74. The number of para-hydroxylation sites is 2. The van der Waals surface area contributed by atoms with Gasteiger partial charge in [0.25, 0.3) is 0 Å². The Hall–Kier alpha value is -3.88. The standard InChI is InChI=1S/C23H27N5O4/c1-13-9-10-16(14(2)11-13)25-20(29)12-19-22(31)26-17-7-5-6-8-18(17)28(19)15(3)21(30)27-23(32)24-4/h5-11,15,19H,12H2,1-4H3,(H,25,29)(H,26,31)(H2,24,27,30,32)/t15-,19-/m1/s1. The van der Waals surface area contributed by atoms with Crippen LogP contribution in [0.1, 0.15) is 24.5 Å². The Kier molecular flexibility index (Phi) is 6.77. The molecule has 0 fully saturated rings. The van der Waals surface area contributed by atoms with Crippen LogP contribution >= 0.6 is 0 Å². The van der Waals surface area contributed by atoms with E-state index < -0.39 is 29.9 Å². The van der Waals surface area contributed by atoms with Crippen LogP contribution in [0.4, 0.5) is 21.9 Å². The number of hydrogen-bond donors (Lipinski definition) is 4. The van der Waals surface area contributed by atoms with Crippen molar-refractivity contribution in [2.45, 2.75) is 39.3 Å². The zero-order valence-electron chi connectivity index (χ0n) is 18.5. The van der Waals surface area contributed by atoms with E-state index in [9.17, 15) is 19.2 Å². The summed E-state index contributed by atoms with van der Waals surface area (Å²) in [6, 6.07) is 10.2. The minimum Gasteiger partial charge on any atom is -0.346 e. The highest BCUT2D eigenvalue weighted by Gasteiger charge is 2.39. The van der Waals surface area contributed by atoms with Gasteiger partial charge in [-0.3, -0.25) is 19.7 Å². The van der Waals surface area contributed by atoms with Crippen LogP contribution in [-0.4, -0.2) is 42.9 Å². The topological polar surface area (TPSA) is 120 Å². The molecule has 0 saturated carbocycles. The molecule has 0 saturated heterocycles. The van der Waals surface area contributed by atoms with Crippen LogP contribution in [-0.2, 0) is 14.4 Å². The van der Waals surface area contributed by atoms with Crippen LogP contribution in [0.2, 0.25) is 0 Å². The molecule has 9 nitrogen and oxygen atoms in total. The van der Waals surface area contributed by atoms with Gasteiger partial charge in [-0.25, -0.2) is 4.79 Å². The second kappa shape index (κ2) is 9.51. The molecule has 0 bridgehead atoms. The third-order valence-electron chi connectivity index (χ3n) is 5.37. The van der Waals surface area contributed by atoms with Crippen molar-refractivity contribution in [1.82, 2.24) is 10.6 Å². The summed E-state index contributed by atoms with van der Waals surface area (Å²) in [7, 11) is 1.40. The van der Waals surface area contributed by atoms with Gasteiger partial charge in [0, 0.05) is 12.7 Å². The number of amides is 5. The van der Waals surface area contributed by atoms with Gasteiger partial charge in [0.1, 0.15) is 12.1 Å². The maximum absolute atomic E-state index is 12.9. The Morgan fingerprint density at radius 3 is 2.53 bits per heavy atom. The minimum absolute atomic E-state index is 0.176. The Labute approximate surface area is 186 Å². The first-order valence-corrected chi connectivity index (χ1v) is 10.3. The van der Waals surface area contributed by atoms with Crippen molar-refractivity contribution in [1.29, 1.82) is 0 Å². The summed E-state index contributed by atoms with van der Waals surface area (Å²) < 4.78 is 0. The lowest BCUT2D eigenvalue weighted by Crippen LogP contribution is -2.58. The molecule has 5 amide bonds. The molecule has 2 atom stereocenters. The number of urea groups is 1. The fraction of sp³-hybridized carbons (Fsp3) is 0.304. The molecule has 9 heteroatoms. The van der Waals surface area contributed by atoms with E-state index in [2.05, 4.69) is 21.3 Å². The van der Waals surface area contributed by atoms with E-state index in [4.69, 9.17) is 0 Å². The van der Waals surface area contributed by atoms with E-state index in [0.29, 0.717) is 17.1 Å². The van der Waals surface area contributed by atoms with Gasteiger partial charge in [-0.05, 0) is 44.5 Å². The number of anilines is 3. The average molecular weight is 438 g/mol.